The molecule has 7 heteroatoms. The third kappa shape index (κ3) is 2.57. The Balaban J connectivity index is 2.08. The standard InChI is InChI=1S/C17H11BrClNO3S/c18-12-3-1-11(2-4-12)15-16(17(15,9-20)10-21)24(22,23)14-7-5-13(19)6-8-14/h1-8,10,15-16H/t15-,16-,17+/m1/s1. The van der Waals surface area contributed by atoms with Gasteiger partial charge in [0, 0.05) is 15.4 Å². The van der Waals surface area contributed by atoms with Crippen molar-refractivity contribution in [3.8, 4) is 6.07 Å². The van der Waals surface area contributed by atoms with E-state index in [1.54, 1.807) is 24.3 Å². The molecule has 0 saturated heterocycles. The summed E-state index contributed by atoms with van der Waals surface area (Å²) in [6.07, 6.45) is 0.456. The predicted octanol–water partition coefficient (Wildman–Crippen LogP) is 3.75. The Hall–Kier alpha value is -1.68. The Morgan fingerprint density at radius 3 is 2.21 bits per heavy atom. The van der Waals surface area contributed by atoms with Crippen LogP contribution in [-0.2, 0) is 14.6 Å². The average Bonchev–Trinajstić information content (AvgIpc) is 3.26. The zero-order valence-electron chi connectivity index (χ0n) is 12.2. The number of carbonyl (C=O) groups is 1. The Bertz CT molecular complexity index is 935. The number of nitrogens with zero attached hydrogens (tertiary/aromatic N) is 1. The third-order valence-corrected chi connectivity index (χ3v) is 7.31. The molecule has 0 N–H and O–H groups in total. The van der Waals surface area contributed by atoms with Crippen LogP contribution in [0, 0.1) is 16.7 Å². The minimum absolute atomic E-state index is 0.0537. The van der Waals surface area contributed by atoms with Gasteiger partial charge in [0.1, 0.15) is 17.0 Å². The number of hydrogen-bond donors (Lipinski definition) is 0. The predicted molar refractivity (Wildman–Crippen MR) is 93.4 cm³/mol. The zero-order chi connectivity index (χ0) is 17.5. The second-order valence-electron chi connectivity index (χ2n) is 5.61. The number of aldehydes is 1. The summed E-state index contributed by atoms with van der Waals surface area (Å²) in [5, 5.41) is 8.80. The molecule has 1 aliphatic rings. The maximum absolute atomic E-state index is 12.9. The number of rotatable bonds is 4. The van der Waals surface area contributed by atoms with Gasteiger partial charge >= 0.3 is 0 Å². The molecule has 4 nitrogen and oxygen atoms in total. The molecular formula is C17H11BrClNO3S. The fourth-order valence-electron chi connectivity index (χ4n) is 3.00. The van der Waals surface area contributed by atoms with Gasteiger partial charge in [0.2, 0.25) is 0 Å². The van der Waals surface area contributed by atoms with E-state index in [-0.39, 0.29) is 4.90 Å². The van der Waals surface area contributed by atoms with Gasteiger partial charge in [-0.05, 0) is 42.0 Å². The quantitative estimate of drug-likeness (QED) is 0.701. The van der Waals surface area contributed by atoms with Gasteiger partial charge in [-0.1, -0.05) is 39.7 Å². The first-order chi connectivity index (χ1) is 11.4. The number of nitriles is 1. The van der Waals surface area contributed by atoms with Crippen LogP contribution < -0.4 is 0 Å². The highest BCUT2D eigenvalue weighted by Gasteiger charge is 2.72. The van der Waals surface area contributed by atoms with E-state index in [1.807, 2.05) is 6.07 Å². The van der Waals surface area contributed by atoms with Gasteiger partial charge in [-0.25, -0.2) is 8.42 Å². The number of hydrogen-bond acceptors (Lipinski definition) is 4. The summed E-state index contributed by atoms with van der Waals surface area (Å²) in [6.45, 7) is 0. The SMILES string of the molecule is N#C[C@]1(C=O)[C@H](c2ccc(Br)cc2)[C@H]1S(=O)(=O)c1ccc(Cl)cc1. The van der Waals surface area contributed by atoms with Crippen LogP contribution in [0.25, 0.3) is 0 Å². The Kier molecular flexibility index (Phi) is 4.28. The first-order valence-electron chi connectivity index (χ1n) is 6.99. The molecule has 24 heavy (non-hydrogen) atoms. The number of halogens is 2. The maximum atomic E-state index is 12.9. The van der Waals surface area contributed by atoms with Crippen molar-refractivity contribution < 1.29 is 13.2 Å². The van der Waals surface area contributed by atoms with Crippen LogP contribution in [0.15, 0.2) is 57.9 Å². The van der Waals surface area contributed by atoms with E-state index in [0.717, 1.165) is 4.47 Å². The summed E-state index contributed by atoms with van der Waals surface area (Å²) in [5.41, 5.74) is -0.916. The number of benzene rings is 2. The van der Waals surface area contributed by atoms with Crippen molar-refractivity contribution in [2.45, 2.75) is 16.1 Å². The molecule has 1 aliphatic carbocycles. The summed E-state index contributed by atoms with van der Waals surface area (Å²) < 4.78 is 26.7. The van der Waals surface area contributed by atoms with Crippen LogP contribution in [0.3, 0.4) is 0 Å². The second kappa shape index (κ2) is 5.99. The van der Waals surface area contributed by atoms with Crippen molar-refractivity contribution in [2.24, 2.45) is 5.41 Å². The zero-order valence-corrected chi connectivity index (χ0v) is 15.3. The van der Waals surface area contributed by atoms with Gasteiger partial charge in [-0.2, -0.15) is 5.26 Å². The average molecular weight is 425 g/mol. The molecule has 0 amide bonds. The van der Waals surface area contributed by atoms with E-state index in [9.17, 15) is 18.5 Å². The van der Waals surface area contributed by atoms with Crippen molar-refractivity contribution in [3.05, 3.63) is 63.6 Å². The molecule has 0 radical (unpaired) electrons. The summed E-state index contributed by atoms with van der Waals surface area (Å²) in [6, 6.07) is 14.6. The Morgan fingerprint density at radius 1 is 1.12 bits per heavy atom. The molecule has 2 aromatic rings. The molecule has 0 unspecified atom stereocenters. The minimum atomic E-state index is -3.85. The highest BCUT2D eigenvalue weighted by atomic mass is 79.9. The summed E-state index contributed by atoms with van der Waals surface area (Å²) in [5.74, 6) is -0.686. The molecule has 1 saturated carbocycles. The molecular weight excluding hydrogens is 414 g/mol. The lowest BCUT2D eigenvalue weighted by Crippen LogP contribution is -2.16. The van der Waals surface area contributed by atoms with E-state index in [4.69, 9.17) is 11.6 Å². The monoisotopic (exact) mass is 423 g/mol. The lowest BCUT2D eigenvalue weighted by molar-refractivity contribution is -0.110. The topological polar surface area (TPSA) is 75.0 Å². The van der Waals surface area contributed by atoms with Gasteiger partial charge in [-0.15, -0.1) is 0 Å². The molecule has 0 aromatic heterocycles. The van der Waals surface area contributed by atoms with Gasteiger partial charge in [0.05, 0.1) is 11.0 Å². The lowest BCUT2D eigenvalue weighted by atomic mass is 10.0. The molecule has 0 heterocycles. The van der Waals surface area contributed by atoms with Crippen molar-refractivity contribution in [1.29, 1.82) is 5.26 Å². The van der Waals surface area contributed by atoms with Gasteiger partial charge < -0.3 is 4.79 Å². The van der Waals surface area contributed by atoms with E-state index in [1.165, 1.54) is 24.3 Å². The van der Waals surface area contributed by atoms with Crippen LogP contribution in [0.5, 0.6) is 0 Å². The Morgan fingerprint density at radius 2 is 1.71 bits per heavy atom. The summed E-state index contributed by atoms with van der Waals surface area (Å²) in [4.78, 5) is 11.6. The number of carbonyl (C=O) groups excluding carboxylic acids is 1. The van der Waals surface area contributed by atoms with E-state index < -0.39 is 26.4 Å². The van der Waals surface area contributed by atoms with Crippen molar-refractivity contribution >= 4 is 43.7 Å². The highest BCUT2D eigenvalue weighted by Crippen LogP contribution is 2.62. The fourth-order valence-corrected chi connectivity index (χ4v) is 5.63. The minimum Gasteiger partial charge on any atom is -0.302 e. The maximum Gasteiger partial charge on any atom is 0.183 e. The largest absolute Gasteiger partial charge is 0.302 e. The molecule has 0 spiro atoms. The van der Waals surface area contributed by atoms with Crippen LogP contribution in [0.4, 0.5) is 0 Å². The second-order valence-corrected chi connectivity index (χ2v) is 9.03. The summed E-state index contributed by atoms with van der Waals surface area (Å²) >= 11 is 9.11. The van der Waals surface area contributed by atoms with E-state index in [0.29, 0.717) is 16.9 Å². The Labute approximate surface area is 153 Å². The first-order valence-corrected chi connectivity index (χ1v) is 9.71. The smallest absolute Gasteiger partial charge is 0.183 e. The van der Waals surface area contributed by atoms with E-state index >= 15 is 0 Å². The molecule has 0 aliphatic heterocycles. The van der Waals surface area contributed by atoms with Crippen LogP contribution in [0.2, 0.25) is 5.02 Å². The molecule has 3 rings (SSSR count). The highest BCUT2D eigenvalue weighted by molar-refractivity contribution is 9.10. The van der Waals surface area contributed by atoms with Crippen molar-refractivity contribution in [2.75, 3.05) is 0 Å². The molecule has 0 bridgehead atoms. The van der Waals surface area contributed by atoms with Crippen LogP contribution >= 0.6 is 27.5 Å². The number of sulfone groups is 1. The molecule has 2 aromatic carbocycles. The van der Waals surface area contributed by atoms with Gasteiger partial charge in [-0.3, -0.25) is 0 Å². The lowest BCUT2D eigenvalue weighted by Gasteiger charge is -2.04. The third-order valence-electron chi connectivity index (χ3n) is 4.27. The summed E-state index contributed by atoms with van der Waals surface area (Å²) in [7, 11) is -3.85. The molecule has 3 atom stereocenters. The van der Waals surface area contributed by atoms with E-state index in [2.05, 4.69) is 15.9 Å². The molecule has 122 valence electrons. The van der Waals surface area contributed by atoms with Gasteiger partial charge in [0.25, 0.3) is 0 Å². The molecule has 1 fully saturated rings. The van der Waals surface area contributed by atoms with Crippen molar-refractivity contribution in [1.82, 2.24) is 0 Å². The van der Waals surface area contributed by atoms with Crippen LogP contribution in [0.1, 0.15) is 11.5 Å². The van der Waals surface area contributed by atoms with Gasteiger partial charge in [0.15, 0.2) is 9.84 Å². The van der Waals surface area contributed by atoms with Crippen molar-refractivity contribution in [3.63, 3.8) is 0 Å². The van der Waals surface area contributed by atoms with Crippen LogP contribution in [-0.4, -0.2) is 20.0 Å². The normalized spacial score (nSPS) is 25.7. The fraction of sp³-hybridized carbons (Fsp3) is 0.176. The first kappa shape index (κ1) is 17.2.